The Hall–Kier alpha value is -1.14. The predicted molar refractivity (Wildman–Crippen MR) is 54.9 cm³/mol. The molecular weight excluding hydrogens is 216 g/mol. The number of aliphatic hydroxyl groups is 2. The van der Waals surface area contributed by atoms with Crippen molar-refractivity contribution in [3.8, 4) is 0 Å². The molecule has 0 spiro atoms. The molecule has 6 nitrogen and oxygen atoms in total. The summed E-state index contributed by atoms with van der Waals surface area (Å²) in [6.07, 6.45) is -0.483. The molecule has 0 aliphatic rings. The molecule has 6 heteroatoms. The molecule has 0 amide bonds. The van der Waals surface area contributed by atoms with Gasteiger partial charge in [-0.05, 0) is 25.2 Å². The number of aliphatic hydroxyl groups excluding tert-OH is 2. The highest BCUT2D eigenvalue weighted by Gasteiger charge is 2.22. The topological polar surface area (TPSA) is 115 Å². The molecule has 0 aliphatic carbocycles. The highest BCUT2D eigenvalue weighted by atomic mass is 16.4. The average Bonchev–Trinajstić information content (AvgIpc) is 2.19. The first-order valence-electron chi connectivity index (χ1n) is 5.20. The zero-order valence-electron chi connectivity index (χ0n) is 9.00. The van der Waals surface area contributed by atoms with Crippen molar-refractivity contribution in [3.05, 3.63) is 0 Å². The van der Waals surface area contributed by atoms with Gasteiger partial charge in [0.25, 0.3) is 0 Å². The van der Waals surface area contributed by atoms with Gasteiger partial charge in [0, 0.05) is 13.0 Å². The fourth-order valence-corrected chi connectivity index (χ4v) is 1.50. The summed E-state index contributed by atoms with van der Waals surface area (Å²) in [7, 11) is 0. The smallest absolute Gasteiger partial charge is 0.303 e. The summed E-state index contributed by atoms with van der Waals surface area (Å²) in [5.41, 5.74) is 0. The summed E-state index contributed by atoms with van der Waals surface area (Å²) in [6.45, 7) is -0.0736. The number of rotatable bonds is 9. The molecule has 0 fully saturated rings. The van der Waals surface area contributed by atoms with Crippen molar-refractivity contribution in [2.75, 3.05) is 6.61 Å². The quantitative estimate of drug-likeness (QED) is 0.449. The van der Waals surface area contributed by atoms with Gasteiger partial charge in [-0.2, -0.15) is 0 Å². The standard InChI is InChI=1S/C10H18O6/c11-5-1-2-8(12)7(6-10(15)16)3-4-9(13)14/h7-8,11-12H,1-6H2,(H,13,14)(H,15,16). The Labute approximate surface area is 93.5 Å². The van der Waals surface area contributed by atoms with Crippen molar-refractivity contribution in [3.63, 3.8) is 0 Å². The zero-order valence-corrected chi connectivity index (χ0v) is 9.00. The van der Waals surface area contributed by atoms with Crippen LogP contribution in [-0.2, 0) is 9.59 Å². The van der Waals surface area contributed by atoms with Crippen LogP contribution < -0.4 is 0 Å². The largest absolute Gasteiger partial charge is 0.481 e. The van der Waals surface area contributed by atoms with Crippen LogP contribution in [0.15, 0.2) is 0 Å². The minimum absolute atomic E-state index is 0.0736. The first-order chi connectivity index (χ1) is 7.47. The summed E-state index contributed by atoms with van der Waals surface area (Å²) in [5, 5.41) is 35.3. The second-order valence-electron chi connectivity index (χ2n) is 3.72. The molecule has 0 aromatic carbocycles. The fourth-order valence-electron chi connectivity index (χ4n) is 1.50. The first-order valence-corrected chi connectivity index (χ1v) is 5.20. The lowest BCUT2D eigenvalue weighted by Crippen LogP contribution is -2.24. The second kappa shape index (κ2) is 8.06. The maximum atomic E-state index is 10.5. The Morgan fingerprint density at radius 1 is 1.06 bits per heavy atom. The third-order valence-corrected chi connectivity index (χ3v) is 2.37. The molecule has 2 unspecified atom stereocenters. The van der Waals surface area contributed by atoms with Crippen molar-refractivity contribution in [2.45, 2.75) is 38.2 Å². The van der Waals surface area contributed by atoms with Gasteiger partial charge < -0.3 is 20.4 Å². The van der Waals surface area contributed by atoms with Crippen molar-refractivity contribution in [1.29, 1.82) is 0 Å². The van der Waals surface area contributed by atoms with E-state index in [2.05, 4.69) is 0 Å². The van der Waals surface area contributed by atoms with Crippen LogP contribution in [0.25, 0.3) is 0 Å². The summed E-state index contributed by atoms with van der Waals surface area (Å²) >= 11 is 0. The Kier molecular flexibility index (Phi) is 7.49. The lowest BCUT2D eigenvalue weighted by atomic mass is 9.91. The molecule has 4 N–H and O–H groups in total. The summed E-state index contributed by atoms with van der Waals surface area (Å²) < 4.78 is 0. The maximum Gasteiger partial charge on any atom is 0.303 e. The number of carboxylic acid groups (broad SMARTS) is 2. The molecular formula is C10H18O6. The van der Waals surface area contributed by atoms with E-state index in [1.54, 1.807) is 0 Å². The van der Waals surface area contributed by atoms with Crippen LogP contribution in [0.3, 0.4) is 0 Å². The lowest BCUT2D eigenvalue weighted by molar-refractivity contribution is -0.141. The number of hydrogen-bond donors (Lipinski definition) is 4. The van der Waals surface area contributed by atoms with Crippen molar-refractivity contribution in [1.82, 2.24) is 0 Å². The average molecular weight is 234 g/mol. The molecule has 0 saturated heterocycles. The second-order valence-corrected chi connectivity index (χ2v) is 3.72. The Balaban J connectivity index is 4.16. The van der Waals surface area contributed by atoms with Crippen LogP contribution in [0.1, 0.15) is 32.1 Å². The Morgan fingerprint density at radius 2 is 1.69 bits per heavy atom. The van der Waals surface area contributed by atoms with E-state index in [4.69, 9.17) is 15.3 Å². The normalized spacial score (nSPS) is 14.4. The van der Waals surface area contributed by atoms with Gasteiger partial charge in [-0.1, -0.05) is 0 Å². The van der Waals surface area contributed by atoms with Crippen LogP contribution in [-0.4, -0.2) is 45.1 Å². The SMILES string of the molecule is O=C(O)CCC(CC(=O)O)C(O)CCCO. The summed E-state index contributed by atoms with van der Waals surface area (Å²) in [5.74, 6) is -2.64. The van der Waals surface area contributed by atoms with Crippen molar-refractivity contribution in [2.24, 2.45) is 5.92 Å². The van der Waals surface area contributed by atoms with E-state index in [1.807, 2.05) is 0 Å². The molecule has 0 aromatic rings. The molecule has 94 valence electrons. The fraction of sp³-hybridized carbons (Fsp3) is 0.800. The highest BCUT2D eigenvalue weighted by Crippen LogP contribution is 2.19. The number of carbonyl (C=O) groups is 2. The van der Waals surface area contributed by atoms with Gasteiger partial charge in [-0.3, -0.25) is 9.59 Å². The van der Waals surface area contributed by atoms with Crippen LogP contribution in [0.2, 0.25) is 0 Å². The molecule has 0 aliphatic heterocycles. The summed E-state index contributed by atoms with van der Waals surface area (Å²) in [6, 6.07) is 0. The Morgan fingerprint density at radius 3 is 2.12 bits per heavy atom. The van der Waals surface area contributed by atoms with E-state index in [0.717, 1.165) is 0 Å². The van der Waals surface area contributed by atoms with Gasteiger partial charge in [0.05, 0.1) is 12.5 Å². The van der Waals surface area contributed by atoms with E-state index in [1.165, 1.54) is 0 Å². The van der Waals surface area contributed by atoms with Crippen LogP contribution >= 0.6 is 0 Å². The predicted octanol–water partition coefficient (Wildman–Crippen LogP) is 0.0755. The monoisotopic (exact) mass is 234 g/mol. The number of carboxylic acids is 2. The van der Waals surface area contributed by atoms with Gasteiger partial charge in [-0.15, -0.1) is 0 Å². The third-order valence-electron chi connectivity index (χ3n) is 2.37. The minimum Gasteiger partial charge on any atom is -0.481 e. The summed E-state index contributed by atoms with van der Waals surface area (Å²) in [4.78, 5) is 20.9. The van der Waals surface area contributed by atoms with Crippen LogP contribution in [0.5, 0.6) is 0 Å². The van der Waals surface area contributed by atoms with E-state index in [-0.39, 0.29) is 32.3 Å². The van der Waals surface area contributed by atoms with Crippen molar-refractivity contribution >= 4 is 11.9 Å². The van der Waals surface area contributed by atoms with Gasteiger partial charge in [-0.25, -0.2) is 0 Å². The van der Waals surface area contributed by atoms with Gasteiger partial charge in [0.2, 0.25) is 0 Å². The third kappa shape index (κ3) is 7.19. The van der Waals surface area contributed by atoms with Crippen LogP contribution in [0.4, 0.5) is 0 Å². The van der Waals surface area contributed by atoms with Gasteiger partial charge in [0.15, 0.2) is 0 Å². The molecule has 0 saturated carbocycles. The molecule has 0 rings (SSSR count). The first kappa shape index (κ1) is 14.9. The minimum atomic E-state index is -1.06. The molecule has 0 bridgehead atoms. The van der Waals surface area contributed by atoms with Crippen LogP contribution in [0, 0.1) is 5.92 Å². The highest BCUT2D eigenvalue weighted by molar-refractivity contribution is 5.68. The number of hydrogen-bond acceptors (Lipinski definition) is 4. The molecule has 16 heavy (non-hydrogen) atoms. The molecule has 2 atom stereocenters. The maximum absolute atomic E-state index is 10.5. The Bertz CT molecular complexity index is 227. The zero-order chi connectivity index (χ0) is 12.6. The van der Waals surface area contributed by atoms with Gasteiger partial charge in [0.1, 0.15) is 0 Å². The van der Waals surface area contributed by atoms with E-state index >= 15 is 0 Å². The van der Waals surface area contributed by atoms with E-state index in [0.29, 0.717) is 6.42 Å². The van der Waals surface area contributed by atoms with E-state index in [9.17, 15) is 14.7 Å². The lowest BCUT2D eigenvalue weighted by Gasteiger charge is -2.20. The van der Waals surface area contributed by atoms with Gasteiger partial charge >= 0.3 is 11.9 Å². The molecule has 0 radical (unpaired) electrons. The molecule has 0 aromatic heterocycles. The molecule has 0 heterocycles. The van der Waals surface area contributed by atoms with Crippen molar-refractivity contribution < 1.29 is 30.0 Å². The number of aliphatic carboxylic acids is 2. The van der Waals surface area contributed by atoms with E-state index < -0.39 is 24.0 Å².